The Morgan fingerprint density at radius 1 is 1.29 bits per heavy atom. The number of ether oxygens (including phenoxy) is 1. The van der Waals surface area contributed by atoms with Crippen molar-refractivity contribution in [1.82, 2.24) is 9.78 Å². The zero-order valence-electron chi connectivity index (χ0n) is 12.5. The Balaban J connectivity index is 1.95. The fraction of sp³-hybridized carbons (Fsp3) is 0.438. The highest BCUT2D eigenvalue weighted by Gasteiger charge is 2.33. The van der Waals surface area contributed by atoms with Gasteiger partial charge in [0, 0.05) is 54.6 Å². The molecule has 2 heterocycles. The minimum atomic E-state index is 0.666. The maximum absolute atomic E-state index is 6.14. The van der Waals surface area contributed by atoms with E-state index in [9.17, 15) is 0 Å². The first-order chi connectivity index (χ1) is 10.2. The minimum absolute atomic E-state index is 0.666. The molecule has 0 spiro atoms. The van der Waals surface area contributed by atoms with Gasteiger partial charge in [-0.25, -0.2) is 0 Å². The van der Waals surface area contributed by atoms with E-state index < -0.39 is 0 Å². The smallest absolute Gasteiger partial charge is 0.143 e. The molecule has 21 heavy (non-hydrogen) atoms. The van der Waals surface area contributed by atoms with Crippen molar-refractivity contribution in [2.24, 2.45) is 7.05 Å². The van der Waals surface area contributed by atoms with Crippen LogP contribution >= 0.6 is 0 Å². The van der Waals surface area contributed by atoms with Gasteiger partial charge in [0.1, 0.15) is 5.75 Å². The molecular weight excluding hydrogens is 264 g/mol. The number of hydrogen-bond acceptors (Lipinski definition) is 4. The molecule has 0 amide bonds. The molecule has 0 unspecified atom stereocenters. The molecule has 1 fully saturated rings. The van der Waals surface area contributed by atoms with Crippen LogP contribution in [0.3, 0.4) is 0 Å². The SMILES string of the molecule is COc1cc2c(cc1N)-c1cnn(C)c1CCN2C1CC1. The summed E-state index contributed by atoms with van der Waals surface area (Å²) in [5, 5.41) is 4.42. The average Bonchev–Trinajstić information content (AvgIpc) is 3.25. The highest BCUT2D eigenvalue weighted by atomic mass is 16.5. The van der Waals surface area contributed by atoms with Gasteiger partial charge in [-0.1, -0.05) is 0 Å². The van der Waals surface area contributed by atoms with Crippen LogP contribution in [-0.4, -0.2) is 29.5 Å². The summed E-state index contributed by atoms with van der Waals surface area (Å²) in [6.45, 7) is 1.03. The zero-order chi connectivity index (χ0) is 14.6. The molecule has 2 N–H and O–H groups in total. The summed E-state index contributed by atoms with van der Waals surface area (Å²) in [5.74, 6) is 0.756. The number of rotatable bonds is 2. The summed E-state index contributed by atoms with van der Waals surface area (Å²) in [6, 6.07) is 4.79. The third kappa shape index (κ3) is 1.87. The first kappa shape index (κ1) is 12.6. The third-order valence-corrected chi connectivity index (χ3v) is 4.59. The van der Waals surface area contributed by atoms with Crippen LogP contribution in [0, 0.1) is 0 Å². The van der Waals surface area contributed by atoms with Gasteiger partial charge in [0.2, 0.25) is 0 Å². The third-order valence-electron chi connectivity index (χ3n) is 4.59. The van der Waals surface area contributed by atoms with Gasteiger partial charge in [-0.05, 0) is 18.9 Å². The van der Waals surface area contributed by atoms with Crippen molar-refractivity contribution in [3.63, 3.8) is 0 Å². The van der Waals surface area contributed by atoms with E-state index in [0.717, 1.165) is 18.7 Å². The second-order valence-corrected chi connectivity index (χ2v) is 5.91. The summed E-state index contributed by atoms with van der Waals surface area (Å²) in [6.07, 6.45) is 5.52. The van der Waals surface area contributed by atoms with Crippen molar-refractivity contribution < 1.29 is 4.74 Å². The monoisotopic (exact) mass is 284 g/mol. The second kappa shape index (κ2) is 4.41. The molecule has 1 aromatic heterocycles. The lowest BCUT2D eigenvalue weighted by molar-refractivity contribution is 0.417. The molecule has 2 aromatic rings. The van der Waals surface area contributed by atoms with Gasteiger partial charge < -0.3 is 15.4 Å². The highest BCUT2D eigenvalue weighted by Crippen LogP contribution is 2.44. The number of aryl methyl sites for hydroxylation is 1. The molecule has 2 aliphatic rings. The van der Waals surface area contributed by atoms with E-state index in [2.05, 4.69) is 16.1 Å². The van der Waals surface area contributed by atoms with Gasteiger partial charge in [-0.3, -0.25) is 4.68 Å². The van der Waals surface area contributed by atoms with Gasteiger partial charge >= 0.3 is 0 Å². The number of aromatic nitrogens is 2. The Labute approximate surface area is 124 Å². The molecular formula is C16H20N4O. The number of nitrogen functional groups attached to an aromatic ring is 1. The van der Waals surface area contributed by atoms with Crippen LogP contribution in [0.25, 0.3) is 11.1 Å². The van der Waals surface area contributed by atoms with Crippen LogP contribution in [-0.2, 0) is 13.5 Å². The van der Waals surface area contributed by atoms with Crippen molar-refractivity contribution in [3.8, 4) is 16.9 Å². The molecule has 0 bridgehead atoms. The van der Waals surface area contributed by atoms with Gasteiger partial charge in [-0.2, -0.15) is 5.10 Å². The molecule has 0 atom stereocenters. The topological polar surface area (TPSA) is 56.3 Å². The van der Waals surface area contributed by atoms with Crippen molar-refractivity contribution in [3.05, 3.63) is 24.0 Å². The standard InChI is InChI=1S/C16H20N4O/c1-19-14-5-6-20(10-3-4-10)15-8-16(21-2)13(17)7-11(15)12(14)9-18-19/h7-10H,3-6,17H2,1-2H3. The summed E-state index contributed by atoms with van der Waals surface area (Å²) in [4.78, 5) is 2.51. The lowest BCUT2D eigenvalue weighted by Crippen LogP contribution is -2.27. The van der Waals surface area contributed by atoms with Gasteiger partial charge in [0.05, 0.1) is 19.0 Å². The van der Waals surface area contributed by atoms with E-state index in [0.29, 0.717) is 11.7 Å². The first-order valence-corrected chi connectivity index (χ1v) is 7.44. The Hall–Kier alpha value is -2.17. The highest BCUT2D eigenvalue weighted by molar-refractivity contribution is 5.86. The average molecular weight is 284 g/mol. The summed E-state index contributed by atoms with van der Waals surface area (Å²) in [7, 11) is 3.68. The predicted molar refractivity (Wildman–Crippen MR) is 83.7 cm³/mol. The van der Waals surface area contributed by atoms with E-state index in [-0.39, 0.29) is 0 Å². The molecule has 1 aliphatic carbocycles. The predicted octanol–water partition coefficient (Wildman–Crippen LogP) is 2.20. The lowest BCUT2D eigenvalue weighted by atomic mass is 10.0. The maximum Gasteiger partial charge on any atom is 0.143 e. The largest absolute Gasteiger partial charge is 0.495 e. The molecule has 0 radical (unpaired) electrons. The fourth-order valence-electron chi connectivity index (χ4n) is 3.31. The van der Waals surface area contributed by atoms with Crippen LogP contribution in [0.15, 0.2) is 18.3 Å². The van der Waals surface area contributed by atoms with Crippen LogP contribution in [0.2, 0.25) is 0 Å². The molecule has 1 aliphatic heterocycles. The molecule has 110 valence electrons. The number of anilines is 2. The normalized spacial score (nSPS) is 17.1. The van der Waals surface area contributed by atoms with Crippen molar-refractivity contribution >= 4 is 11.4 Å². The quantitative estimate of drug-likeness (QED) is 0.859. The first-order valence-electron chi connectivity index (χ1n) is 7.44. The fourth-order valence-corrected chi connectivity index (χ4v) is 3.31. The number of fused-ring (bicyclic) bond motifs is 3. The Kier molecular flexibility index (Phi) is 2.64. The molecule has 5 nitrogen and oxygen atoms in total. The molecule has 0 saturated heterocycles. The second-order valence-electron chi connectivity index (χ2n) is 5.91. The van der Waals surface area contributed by atoms with E-state index in [1.807, 2.05) is 24.0 Å². The van der Waals surface area contributed by atoms with Crippen molar-refractivity contribution in [2.75, 3.05) is 24.3 Å². The maximum atomic E-state index is 6.14. The molecule has 1 saturated carbocycles. The summed E-state index contributed by atoms with van der Waals surface area (Å²) < 4.78 is 7.40. The summed E-state index contributed by atoms with van der Waals surface area (Å²) in [5.41, 5.74) is 11.7. The van der Waals surface area contributed by atoms with Crippen LogP contribution in [0.1, 0.15) is 18.5 Å². The molecule has 5 heteroatoms. The molecule has 4 rings (SSSR count). The number of methoxy groups -OCH3 is 1. The Morgan fingerprint density at radius 2 is 2.10 bits per heavy atom. The van der Waals surface area contributed by atoms with Crippen molar-refractivity contribution in [2.45, 2.75) is 25.3 Å². The van der Waals surface area contributed by atoms with Gasteiger partial charge in [-0.15, -0.1) is 0 Å². The number of benzene rings is 1. The Bertz CT molecular complexity index is 703. The lowest BCUT2D eigenvalue weighted by Gasteiger charge is -2.25. The summed E-state index contributed by atoms with van der Waals surface area (Å²) >= 11 is 0. The zero-order valence-corrected chi connectivity index (χ0v) is 12.5. The number of nitrogens with zero attached hydrogens (tertiary/aromatic N) is 3. The minimum Gasteiger partial charge on any atom is -0.495 e. The van der Waals surface area contributed by atoms with E-state index in [4.69, 9.17) is 10.5 Å². The number of hydrogen-bond donors (Lipinski definition) is 1. The number of nitrogens with two attached hydrogens (primary N) is 1. The molecule has 1 aromatic carbocycles. The van der Waals surface area contributed by atoms with E-state index in [1.165, 1.54) is 35.3 Å². The van der Waals surface area contributed by atoms with Crippen LogP contribution in [0.4, 0.5) is 11.4 Å². The van der Waals surface area contributed by atoms with Gasteiger partial charge in [0.25, 0.3) is 0 Å². The Morgan fingerprint density at radius 3 is 2.81 bits per heavy atom. The van der Waals surface area contributed by atoms with Crippen LogP contribution in [0.5, 0.6) is 5.75 Å². The van der Waals surface area contributed by atoms with E-state index >= 15 is 0 Å². The van der Waals surface area contributed by atoms with Gasteiger partial charge in [0.15, 0.2) is 0 Å². The van der Waals surface area contributed by atoms with Crippen LogP contribution < -0.4 is 15.4 Å². The van der Waals surface area contributed by atoms with Crippen molar-refractivity contribution in [1.29, 1.82) is 0 Å². The van der Waals surface area contributed by atoms with E-state index in [1.54, 1.807) is 7.11 Å².